The van der Waals surface area contributed by atoms with Crippen molar-refractivity contribution in [2.45, 2.75) is 56.4 Å². The van der Waals surface area contributed by atoms with Gasteiger partial charge >= 0.3 is 0 Å². The highest BCUT2D eigenvalue weighted by Crippen LogP contribution is 2.62. The number of hydrogen-bond acceptors (Lipinski definition) is 2. The van der Waals surface area contributed by atoms with Gasteiger partial charge in [-0.1, -0.05) is 13.0 Å². The summed E-state index contributed by atoms with van der Waals surface area (Å²) in [6.07, 6.45) is 6.18. The molecule has 20 heavy (non-hydrogen) atoms. The summed E-state index contributed by atoms with van der Waals surface area (Å²) in [7, 11) is 0. The molecule has 2 saturated carbocycles. The summed E-state index contributed by atoms with van der Waals surface area (Å²) in [6.45, 7) is 2.45. The lowest BCUT2D eigenvalue weighted by Gasteiger charge is -2.52. The molecule has 112 valence electrons. The van der Waals surface area contributed by atoms with Gasteiger partial charge in [-0.15, -0.1) is 24.8 Å². The molecule has 4 atom stereocenters. The molecule has 0 radical (unpaired) electrons. The molecule has 0 heterocycles. The number of benzene rings is 1. The molecular formula is C16H24Cl2N2. The van der Waals surface area contributed by atoms with Gasteiger partial charge in [0.25, 0.3) is 0 Å². The molecule has 2 nitrogen and oxygen atoms in total. The van der Waals surface area contributed by atoms with Crippen LogP contribution in [0.4, 0.5) is 5.69 Å². The number of halogens is 2. The average Bonchev–Trinajstić information content (AvgIpc) is 2.36. The van der Waals surface area contributed by atoms with E-state index in [1.165, 1.54) is 31.2 Å². The lowest BCUT2D eigenvalue weighted by Crippen LogP contribution is -2.52. The topological polar surface area (TPSA) is 52.0 Å². The number of anilines is 1. The van der Waals surface area contributed by atoms with Crippen molar-refractivity contribution in [3.05, 3.63) is 29.3 Å². The van der Waals surface area contributed by atoms with Gasteiger partial charge in [-0.2, -0.15) is 0 Å². The van der Waals surface area contributed by atoms with E-state index in [1.807, 2.05) is 0 Å². The second kappa shape index (κ2) is 4.79. The van der Waals surface area contributed by atoms with Crippen LogP contribution < -0.4 is 11.5 Å². The largest absolute Gasteiger partial charge is 0.399 e. The van der Waals surface area contributed by atoms with E-state index >= 15 is 0 Å². The minimum atomic E-state index is 0. The normalized spacial score (nSPS) is 40.3. The van der Waals surface area contributed by atoms with Crippen LogP contribution in [0, 0.1) is 5.41 Å². The van der Waals surface area contributed by atoms with Gasteiger partial charge in [-0.3, -0.25) is 0 Å². The summed E-state index contributed by atoms with van der Waals surface area (Å²) in [6, 6.07) is 6.55. The summed E-state index contributed by atoms with van der Waals surface area (Å²) in [4.78, 5) is 0. The van der Waals surface area contributed by atoms with Crippen molar-refractivity contribution in [3.63, 3.8) is 0 Å². The maximum Gasteiger partial charge on any atom is 0.0317 e. The molecule has 0 spiro atoms. The van der Waals surface area contributed by atoms with E-state index in [2.05, 4.69) is 25.1 Å². The van der Waals surface area contributed by atoms with E-state index in [-0.39, 0.29) is 30.4 Å². The standard InChI is InChI=1S/C16H22N2.2ClH/c1-15-5-10-7-16(18,9-15)8-11(6-15)14-4-12(17)2-3-13(10)14;;/h2-4,10-11H,5-9,17-18H2,1H3;2*1H. The van der Waals surface area contributed by atoms with Crippen LogP contribution in [0.15, 0.2) is 18.2 Å². The molecule has 0 aromatic heterocycles. The van der Waals surface area contributed by atoms with Gasteiger partial charge in [-0.25, -0.2) is 0 Å². The van der Waals surface area contributed by atoms with Crippen LogP contribution in [0.2, 0.25) is 0 Å². The maximum absolute atomic E-state index is 6.69. The van der Waals surface area contributed by atoms with Crippen molar-refractivity contribution in [3.8, 4) is 0 Å². The van der Waals surface area contributed by atoms with Crippen LogP contribution in [0.5, 0.6) is 0 Å². The van der Waals surface area contributed by atoms with Gasteiger partial charge in [-0.05, 0) is 72.6 Å². The zero-order valence-corrected chi connectivity index (χ0v) is 13.5. The van der Waals surface area contributed by atoms with Crippen molar-refractivity contribution in [1.82, 2.24) is 0 Å². The van der Waals surface area contributed by atoms with Gasteiger partial charge in [0.15, 0.2) is 0 Å². The third-order valence-electron chi connectivity index (χ3n) is 5.55. The Morgan fingerprint density at radius 2 is 1.60 bits per heavy atom. The SMILES string of the molecule is CC12CC3CC(N)(CC(C1)c1cc(N)ccc13)C2.Cl.Cl. The predicted molar refractivity (Wildman–Crippen MR) is 88.9 cm³/mol. The van der Waals surface area contributed by atoms with Crippen molar-refractivity contribution in [1.29, 1.82) is 0 Å². The molecule has 4 aliphatic carbocycles. The zero-order chi connectivity index (χ0) is 12.5. The fourth-order valence-electron chi connectivity index (χ4n) is 5.38. The van der Waals surface area contributed by atoms with Gasteiger partial charge in [0, 0.05) is 11.2 Å². The van der Waals surface area contributed by atoms with Crippen LogP contribution in [-0.2, 0) is 0 Å². The fourth-order valence-corrected chi connectivity index (χ4v) is 5.38. The summed E-state index contributed by atoms with van der Waals surface area (Å²) in [5.74, 6) is 1.30. The second-order valence-electron chi connectivity index (χ2n) is 7.45. The Bertz CT molecular complexity index is 513. The molecule has 0 amide bonds. The lowest BCUT2D eigenvalue weighted by atomic mass is 9.56. The minimum absolute atomic E-state index is 0. The van der Waals surface area contributed by atoms with Crippen molar-refractivity contribution >= 4 is 30.5 Å². The van der Waals surface area contributed by atoms with E-state index in [9.17, 15) is 0 Å². The van der Waals surface area contributed by atoms with Gasteiger partial charge in [0.05, 0.1) is 0 Å². The highest BCUT2D eigenvalue weighted by atomic mass is 35.5. The summed E-state index contributed by atoms with van der Waals surface area (Å²) in [5, 5.41) is 0. The van der Waals surface area contributed by atoms with E-state index in [0.29, 0.717) is 17.3 Å². The third-order valence-corrected chi connectivity index (χ3v) is 5.55. The van der Waals surface area contributed by atoms with Crippen molar-refractivity contribution < 1.29 is 0 Å². The Hall–Kier alpha value is -0.440. The number of nitrogen functional groups attached to an aromatic ring is 1. The Balaban J connectivity index is 0.000000735. The third kappa shape index (κ3) is 2.22. The molecule has 1 aromatic carbocycles. The molecule has 4 aliphatic rings. The maximum atomic E-state index is 6.69. The van der Waals surface area contributed by atoms with E-state index < -0.39 is 0 Å². The molecule has 5 rings (SSSR count). The number of nitrogens with two attached hydrogens (primary N) is 2. The first kappa shape index (κ1) is 15.9. The fraction of sp³-hybridized carbons (Fsp3) is 0.625. The van der Waals surface area contributed by atoms with Gasteiger partial charge in [0.1, 0.15) is 0 Å². The quantitative estimate of drug-likeness (QED) is 0.712. The van der Waals surface area contributed by atoms with Gasteiger partial charge in [0.2, 0.25) is 0 Å². The molecule has 2 fully saturated rings. The van der Waals surface area contributed by atoms with Crippen LogP contribution >= 0.6 is 24.8 Å². The Morgan fingerprint density at radius 3 is 2.20 bits per heavy atom. The second-order valence-corrected chi connectivity index (χ2v) is 7.45. The zero-order valence-electron chi connectivity index (χ0n) is 11.9. The van der Waals surface area contributed by atoms with E-state index in [4.69, 9.17) is 11.5 Å². The molecule has 1 aromatic rings. The smallest absolute Gasteiger partial charge is 0.0317 e. The Morgan fingerprint density at radius 1 is 1.00 bits per heavy atom. The van der Waals surface area contributed by atoms with Crippen LogP contribution in [0.25, 0.3) is 0 Å². The highest BCUT2D eigenvalue weighted by molar-refractivity contribution is 5.85. The summed E-state index contributed by atoms with van der Waals surface area (Å²) in [5.41, 5.74) is 17.2. The molecule has 4 N–H and O–H groups in total. The number of hydrogen-bond donors (Lipinski definition) is 2. The Kier molecular flexibility index (Phi) is 3.82. The van der Waals surface area contributed by atoms with Gasteiger partial charge < -0.3 is 11.5 Å². The first-order chi connectivity index (χ1) is 8.46. The molecule has 4 bridgehead atoms. The molecule has 0 aliphatic heterocycles. The van der Waals surface area contributed by atoms with Crippen LogP contribution in [0.1, 0.15) is 62.0 Å². The molecule has 4 heteroatoms. The minimum Gasteiger partial charge on any atom is -0.399 e. The Labute approximate surface area is 133 Å². The van der Waals surface area contributed by atoms with E-state index in [0.717, 1.165) is 12.1 Å². The molecule has 0 saturated heterocycles. The predicted octanol–water partition coefficient (Wildman–Crippen LogP) is 3.97. The highest BCUT2D eigenvalue weighted by Gasteiger charge is 2.53. The average molecular weight is 315 g/mol. The monoisotopic (exact) mass is 314 g/mol. The van der Waals surface area contributed by atoms with Crippen LogP contribution in [-0.4, -0.2) is 5.54 Å². The van der Waals surface area contributed by atoms with Crippen LogP contribution in [0.3, 0.4) is 0 Å². The van der Waals surface area contributed by atoms with E-state index in [1.54, 1.807) is 5.56 Å². The molecular weight excluding hydrogens is 291 g/mol. The van der Waals surface area contributed by atoms with Crippen molar-refractivity contribution in [2.75, 3.05) is 5.73 Å². The number of rotatable bonds is 0. The van der Waals surface area contributed by atoms with Crippen molar-refractivity contribution in [2.24, 2.45) is 11.1 Å². The first-order valence-electron chi connectivity index (χ1n) is 7.15. The first-order valence-corrected chi connectivity index (χ1v) is 7.15. The lowest BCUT2D eigenvalue weighted by molar-refractivity contribution is 0.0544. The summed E-state index contributed by atoms with van der Waals surface area (Å²) >= 11 is 0. The summed E-state index contributed by atoms with van der Waals surface area (Å²) < 4.78 is 0. The molecule has 4 unspecified atom stereocenters.